The van der Waals surface area contributed by atoms with Crippen LogP contribution < -0.4 is 14.4 Å². The summed E-state index contributed by atoms with van der Waals surface area (Å²) in [6.45, 7) is 0.698. The zero-order valence-electron chi connectivity index (χ0n) is 17.4. The van der Waals surface area contributed by atoms with E-state index >= 15 is 0 Å². The summed E-state index contributed by atoms with van der Waals surface area (Å²) in [5.74, 6) is -0.864. The van der Waals surface area contributed by atoms with Crippen LogP contribution >= 0.6 is 11.3 Å². The summed E-state index contributed by atoms with van der Waals surface area (Å²) in [4.78, 5) is 30.3. The Balaban J connectivity index is 1.82. The van der Waals surface area contributed by atoms with Crippen molar-refractivity contribution in [1.29, 1.82) is 0 Å². The van der Waals surface area contributed by atoms with E-state index in [4.69, 9.17) is 14.2 Å². The molecule has 168 valence electrons. The fraction of sp³-hybridized carbons (Fsp3) is 0.333. The molecule has 1 fully saturated rings. The van der Waals surface area contributed by atoms with Crippen LogP contribution in [0.2, 0.25) is 0 Å². The molecule has 1 unspecified atom stereocenters. The Morgan fingerprint density at radius 2 is 2.09 bits per heavy atom. The van der Waals surface area contributed by atoms with Crippen molar-refractivity contribution in [3.8, 4) is 11.5 Å². The molecule has 11 heteroatoms. The Morgan fingerprint density at radius 1 is 1.34 bits per heavy atom. The van der Waals surface area contributed by atoms with E-state index in [2.05, 4.69) is 4.98 Å². The third-order valence-electron chi connectivity index (χ3n) is 5.17. The number of hydrogen-bond donors (Lipinski definition) is 0. The lowest BCUT2D eigenvalue weighted by atomic mass is 10.1. The molecule has 1 atom stereocenters. The van der Waals surface area contributed by atoms with Crippen LogP contribution in [0.25, 0.3) is 10.2 Å². The maximum Gasteiger partial charge on any atom is 0.286 e. The fourth-order valence-corrected chi connectivity index (χ4v) is 4.58. The fourth-order valence-electron chi connectivity index (χ4n) is 3.59. The first kappa shape index (κ1) is 21.9. The largest absolute Gasteiger partial charge is 0.493 e. The molecule has 0 spiro atoms. The summed E-state index contributed by atoms with van der Waals surface area (Å²) >= 11 is 1.13. The van der Waals surface area contributed by atoms with E-state index in [0.29, 0.717) is 11.3 Å². The summed E-state index contributed by atoms with van der Waals surface area (Å²) in [5.41, 5.74) is -0.484. The number of thiazole rings is 1. The topological polar surface area (TPSA) is 104 Å². The van der Waals surface area contributed by atoms with Crippen molar-refractivity contribution in [3.63, 3.8) is 0 Å². The molecule has 1 aromatic heterocycles. The van der Waals surface area contributed by atoms with E-state index < -0.39 is 22.3 Å². The van der Waals surface area contributed by atoms with Crippen LogP contribution in [0.5, 0.6) is 11.5 Å². The van der Waals surface area contributed by atoms with E-state index in [-0.39, 0.29) is 40.4 Å². The van der Waals surface area contributed by atoms with Crippen molar-refractivity contribution >= 4 is 38.3 Å². The zero-order chi connectivity index (χ0) is 22.8. The molecule has 1 amide bonds. The average molecular weight is 461 g/mol. The van der Waals surface area contributed by atoms with Gasteiger partial charge in [0.2, 0.25) is 0 Å². The van der Waals surface area contributed by atoms with Gasteiger partial charge < -0.3 is 14.2 Å². The summed E-state index contributed by atoms with van der Waals surface area (Å²) < 4.78 is 30.9. The summed E-state index contributed by atoms with van der Waals surface area (Å²) in [5, 5.41) is 12.0. The van der Waals surface area contributed by atoms with Gasteiger partial charge in [-0.15, -0.1) is 0 Å². The lowest BCUT2D eigenvalue weighted by molar-refractivity contribution is -0.385. The van der Waals surface area contributed by atoms with E-state index in [1.807, 2.05) is 0 Å². The number of nitro benzene ring substituents is 1. The molecular formula is C21H20FN3O6S. The van der Waals surface area contributed by atoms with Crippen LogP contribution in [0, 0.1) is 15.9 Å². The number of nitro groups is 1. The predicted molar refractivity (Wildman–Crippen MR) is 116 cm³/mol. The molecule has 1 saturated heterocycles. The highest BCUT2D eigenvalue weighted by molar-refractivity contribution is 7.22. The number of nitrogens with zero attached hydrogens (tertiary/aromatic N) is 3. The van der Waals surface area contributed by atoms with E-state index in [1.165, 1.54) is 31.3 Å². The molecule has 0 aliphatic carbocycles. The van der Waals surface area contributed by atoms with Crippen molar-refractivity contribution in [1.82, 2.24) is 4.98 Å². The molecule has 1 aliphatic heterocycles. The molecule has 4 rings (SSSR count). The monoisotopic (exact) mass is 461 g/mol. The molecule has 1 aliphatic rings. The molecule has 0 saturated carbocycles. The number of carbonyl (C=O) groups excluding carboxylic acids is 1. The first-order valence-electron chi connectivity index (χ1n) is 9.82. The predicted octanol–water partition coefficient (Wildman–Crippen LogP) is 4.19. The maximum absolute atomic E-state index is 14.2. The second-order valence-corrected chi connectivity index (χ2v) is 8.12. The third-order valence-corrected chi connectivity index (χ3v) is 6.22. The SMILES string of the molecule is COc1cc(C(=O)N(CC2CCCO2)c2nc3c(F)cccc3s2)c([N+](=O)[O-])cc1OC. The normalized spacial score (nSPS) is 15.7. The van der Waals surface area contributed by atoms with Crippen LogP contribution in [0.4, 0.5) is 15.2 Å². The van der Waals surface area contributed by atoms with Crippen molar-refractivity contribution in [2.24, 2.45) is 0 Å². The van der Waals surface area contributed by atoms with Crippen LogP contribution in [-0.4, -0.2) is 49.3 Å². The summed E-state index contributed by atoms with van der Waals surface area (Å²) in [6.07, 6.45) is 1.32. The van der Waals surface area contributed by atoms with Gasteiger partial charge in [0.1, 0.15) is 16.9 Å². The minimum Gasteiger partial charge on any atom is -0.493 e. The number of methoxy groups -OCH3 is 2. The maximum atomic E-state index is 14.2. The van der Waals surface area contributed by atoms with Crippen molar-refractivity contribution in [2.75, 3.05) is 32.3 Å². The Kier molecular flexibility index (Phi) is 6.19. The van der Waals surface area contributed by atoms with Crippen LogP contribution in [0.15, 0.2) is 30.3 Å². The number of rotatable bonds is 7. The molecule has 2 heterocycles. The van der Waals surface area contributed by atoms with E-state index in [1.54, 1.807) is 12.1 Å². The minimum atomic E-state index is -0.660. The quantitative estimate of drug-likeness (QED) is 0.384. The number of anilines is 1. The van der Waals surface area contributed by atoms with Gasteiger partial charge in [-0.25, -0.2) is 9.37 Å². The van der Waals surface area contributed by atoms with Crippen LogP contribution in [0.1, 0.15) is 23.2 Å². The molecule has 32 heavy (non-hydrogen) atoms. The zero-order valence-corrected chi connectivity index (χ0v) is 18.2. The number of carbonyl (C=O) groups is 1. The molecule has 3 aromatic rings. The first-order chi connectivity index (χ1) is 15.4. The first-order valence-corrected chi connectivity index (χ1v) is 10.6. The lowest BCUT2D eigenvalue weighted by Crippen LogP contribution is -2.37. The van der Waals surface area contributed by atoms with Crippen LogP contribution in [-0.2, 0) is 4.74 Å². The lowest BCUT2D eigenvalue weighted by Gasteiger charge is -2.23. The minimum absolute atomic E-state index is 0.128. The molecule has 0 bridgehead atoms. The molecule has 0 N–H and O–H groups in total. The van der Waals surface area contributed by atoms with Gasteiger partial charge in [0.15, 0.2) is 16.6 Å². The van der Waals surface area contributed by atoms with Gasteiger partial charge in [0.05, 0.1) is 42.6 Å². The van der Waals surface area contributed by atoms with Gasteiger partial charge in [-0.1, -0.05) is 17.4 Å². The summed E-state index contributed by atoms with van der Waals surface area (Å²) in [6, 6.07) is 6.97. The van der Waals surface area contributed by atoms with E-state index in [0.717, 1.165) is 30.2 Å². The van der Waals surface area contributed by atoms with Gasteiger partial charge in [0.25, 0.3) is 11.6 Å². The third kappa shape index (κ3) is 4.08. The summed E-state index contributed by atoms with van der Waals surface area (Å²) in [7, 11) is 2.72. The highest BCUT2D eigenvalue weighted by Crippen LogP contribution is 2.37. The highest BCUT2D eigenvalue weighted by atomic mass is 32.1. The van der Waals surface area contributed by atoms with Crippen LogP contribution in [0.3, 0.4) is 0 Å². The number of amides is 1. The Morgan fingerprint density at radius 3 is 2.72 bits per heavy atom. The number of fused-ring (bicyclic) bond motifs is 1. The second-order valence-electron chi connectivity index (χ2n) is 7.12. The van der Waals surface area contributed by atoms with Gasteiger partial charge in [-0.05, 0) is 25.0 Å². The number of para-hydroxylation sites is 1. The van der Waals surface area contributed by atoms with Crippen molar-refractivity contribution < 1.29 is 28.3 Å². The number of aromatic nitrogens is 1. The van der Waals surface area contributed by atoms with Gasteiger partial charge in [-0.3, -0.25) is 19.8 Å². The Bertz CT molecular complexity index is 1180. The number of halogens is 1. The van der Waals surface area contributed by atoms with Gasteiger partial charge in [-0.2, -0.15) is 0 Å². The van der Waals surface area contributed by atoms with Crippen molar-refractivity contribution in [3.05, 3.63) is 51.8 Å². The van der Waals surface area contributed by atoms with Crippen molar-refractivity contribution in [2.45, 2.75) is 18.9 Å². The smallest absolute Gasteiger partial charge is 0.286 e. The molecule has 0 radical (unpaired) electrons. The van der Waals surface area contributed by atoms with Gasteiger partial charge >= 0.3 is 0 Å². The highest BCUT2D eigenvalue weighted by Gasteiger charge is 2.32. The van der Waals surface area contributed by atoms with E-state index in [9.17, 15) is 19.3 Å². The number of hydrogen-bond acceptors (Lipinski definition) is 8. The molecule has 2 aromatic carbocycles. The molecular weight excluding hydrogens is 441 g/mol. The second kappa shape index (κ2) is 9.05. The number of benzene rings is 2. The van der Waals surface area contributed by atoms with Gasteiger partial charge in [0, 0.05) is 12.7 Å². The molecule has 9 nitrogen and oxygen atoms in total. The number of ether oxygens (including phenoxy) is 3. The average Bonchev–Trinajstić information content (AvgIpc) is 3.46. The Labute approximate surface area is 186 Å². The Hall–Kier alpha value is -3.31. The standard InChI is InChI=1S/C21H20FN3O6S/c1-29-16-9-13(15(25(27)28)10-17(16)30-2)20(26)24(11-12-5-4-8-31-12)21-23-19-14(22)6-3-7-18(19)32-21/h3,6-7,9-10,12H,4-5,8,11H2,1-2H3.